The standard InChI is InChI=1S/C22H22FN3OS/c1-25(15-16-5-3-2-4-6-16)21-18-13-17(23)7-8-20(18)24-14-19(21)22(27)26-9-11-28-12-10-26/h2-8,13-14H,9-12,15H2,1H3. The lowest BCUT2D eigenvalue weighted by Crippen LogP contribution is -2.38. The zero-order chi connectivity index (χ0) is 19.5. The molecule has 3 aromatic rings. The predicted molar refractivity (Wildman–Crippen MR) is 113 cm³/mol. The zero-order valence-electron chi connectivity index (χ0n) is 15.8. The lowest BCUT2D eigenvalue weighted by Gasteiger charge is -2.29. The number of amides is 1. The molecule has 2 heterocycles. The first-order valence-electron chi connectivity index (χ1n) is 9.34. The van der Waals surface area contributed by atoms with Crippen LogP contribution in [0.25, 0.3) is 10.9 Å². The van der Waals surface area contributed by atoms with Gasteiger partial charge in [0.25, 0.3) is 5.91 Å². The first kappa shape index (κ1) is 18.7. The Morgan fingerprint density at radius 3 is 2.68 bits per heavy atom. The molecule has 28 heavy (non-hydrogen) atoms. The largest absolute Gasteiger partial charge is 0.369 e. The predicted octanol–water partition coefficient (Wildman–Crippen LogP) is 4.20. The highest BCUT2D eigenvalue weighted by molar-refractivity contribution is 7.99. The first-order chi connectivity index (χ1) is 13.6. The van der Waals surface area contributed by atoms with Crippen LogP contribution < -0.4 is 4.90 Å². The number of fused-ring (bicyclic) bond motifs is 1. The van der Waals surface area contributed by atoms with Crippen LogP contribution in [0.4, 0.5) is 10.1 Å². The Kier molecular flexibility index (Phi) is 5.48. The molecule has 0 aliphatic carbocycles. The Bertz CT molecular complexity index is 990. The van der Waals surface area contributed by atoms with E-state index in [0.29, 0.717) is 23.0 Å². The highest BCUT2D eigenvalue weighted by Gasteiger charge is 2.24. The fraction of sp³-hybridized carbons (Fsp3) is 0.273. The van der Waals surface area contributed by atoms with Crippen LogP contribution in [0.3, 0.4) is 0 Å². The number of hydrogen-bond donors (Lipinski definition) is 0. The van der Waals surface area contributed by atoms with Crippen molar-refractivity contribution in [3.8, 4) is 0 Å². The van der Waals surface area contributed by atoms with E-state index < -0.39 is 0 Å². The number of rotatable bonds is 4. The molecule has 1 fully saturated rings. The van der Waals surface area contributed by atoms with E-state index >= 15 is 0 Å². The molecule has 0 atom stereocenters. The second-order valence-electron chi connectivity index (χ2n) is 6.93. The molecule has 144 valence electrons. The minimum Gasteiger partial charge on any atom is -0.369 e. The molecule has 0 saturated carbocycles. The van der Waals surface area contributed by atoms with Crippen LogP contribution in [0, 0.1) is 5.82 Å². The monoisotopic (exact) mass is 395 g/mol. The summed E-state index contributed by atoms with van der Waals surface area (Å²) in [6, 6.07) is 14.6. The van der Waals surface area contributed by atoms with Gasteiger partial charge in [-0.3, -0.25) is 9.78 Å². The number of carbonyl (C=O) groups is 1. The third-order valence-corrected chi connectivity index (χ3v) is 5.92. The van der Waals surface area contributed by atoms with E-state index in [1.807, 2.05) is 58.9 Å². The number of thioether (sulfide) groups is 1. The molecular formula is C22H22FN3OS. The summed E-state index contributed by atoms with van der Waals surface area (Å²) in [6.45, 7) is 2.08. The van der Waals surface area contributed by atoms with Crippen LogP contribution >= 0.6 is 11.8 Å². The second kappa shape index (κ2) is 8.19. The summed E-state index contributed by atoms with van der Waals surface area (Å²) in [6.07, 6.45) is 1.64. The van der Waals surface area contributed by atoms with Gasteiger partial charge < -0.3 is 9.80 Å². The third kappa shape index (κ3) is 3.83. The van der Waals surface area contributed by atoms with Gasteiger partial charge in [0.1, 0.15) is 5.82 Å². The maximum absolute atomic E-state index is 14.0. The molecule has 0 spiro atoms. The van der Waals surface area contributed by atoms with Crippen LogP contribution in [-0.2, 0) is 6.54 Å². The van der Waals surface area contributed by atoms with E-state index in [-0.39, 0.29) is 11.7 Å². The van der Waals surface area contributed by atoms with Crippen molar-refractivity contribution in [2.75, 3.05) is 36.5 Å². The molecule has 1 aliphatic heterocycles. The normalized spacial score (nSPS) is 14.3. The molecule has 0 N–H and O–H groups in total. The summed E-state index contributed by atoms with van der Waals surface area (Å²) in [4.78, 5) is 21.6. The van der Waals surface area contributed by atoms with Crippen molar-refractivity contribution in [2.24, 2.45) is 0 Å². The number of nitrogens with zero attached hydrogens (tertiary/aromatic N) is 3. The lowest BCUT2D eigenvalue weighted by atomic mass is 10.1. The van der Waals surface area contributed by atoms with Gasteiger partial charge in [-0.25, -0.2) is 4.39 Å². The number of pyridine rings is 1. The smallest absolute Gasteiger partial charge is 0.257 e. The molecule has 2 aromatic carbocycles. The Morgan fingerprint density at radius 1 is 1.18 bits per heavy atom. The van der Waals surface area contributed by atoms with Gasteiger partial charge in [-0.05, 0) is 23.8 Å². The Balaban J connectivity index is 1.80. The number of aromatic nitrogens is 1. The van der Waals surface area contributed by atoms with Crippen LogP contribution in [-0.4, -0.2) is 47.4 Å². The molecule has 4 rings (SSSR count). The number of anilines is 1. The average molecular weight is 396 g/mol. The van der Waals surface area contributed by atoms with Crippen LogP contribution in [0.5, 0.6) is 0 Å². The van der Waals surface area contributed by atoms with Gasteiger partial charge in [-0.1, -0.05) is 30.3 Å². The van der Waals surface area contributed by atoms with Gasteiger partial charge in [-0.15, -0.1) is 0 Å². The molecule has 4 nitrogen and oxygen atoms in total. The fourth-order valence-corrected chi connectivity index (χ4v) is 4.49. The summed E-state index contributed by atoms with van der Waals surface area (Å²) < 4.78 is 14.0. The summed E-state index contributed by atoms with van der Waals surface area (Å²) in [7, 11) is 1.94. The maximum Gasteiger partial charge on any atom is 0.257 e. The molecule has 6 heteroatoms. The quantitative estimate of drug-likeness (QED) is 0.663. The SMILES string of the molecule is CN(Cc1ccccc1)c1c(C(=O)N2CCSCC2)cnc2ccc(F)cc12. The Morgan fingerprint density at radius 2 is 1.93 bits per heavy atom. The Hall–Kier alpha value is -2.60. The van der Waals surface area contributed by atoms with Crippen molar-refractivity contribution in [1.82, 2.24) is 9.88 Å². The molecule has 1 amide bonds. The minimum atomic E-state index is -0.331. The van der Waals surface area contributed by atoms with E-state index in [9.17, 15) is 9.18 Å². The van der Waals surface area contributed by atoms with Gasteiger partial charge in [0, 0.05) is 49.8 Å². The topological polar surface area (TPSA) is 36.4 Å². The highest BCUT2D eigenvalue weighted by Crippen LogP contribution is 2.32. The van der Waals surface area contributed by atoms with Crippen LogP contribution in [0.1, 0.15) is 15.9 Å². The molecule has 0 radical (unpaired) electrons. The van der Waals surface area contributed by atoms with Crippen molar-refractivity contribution in [2.45, 2.75) is 6.54 Å². The van der Waals surface area contributed by atoms with E-state index in [0.717, 1.165) is 35.8 Å². The number of halogens is 1. The fourth-order valence-electron chi connectivity index (χ4n) is 3.59. The lowest BCUT2D eigenvalue weighted by molar-refractivity contribution is 0.0772. The molecule has 0 bridgehead atoms. The molecular weight excluding hydrogens is 373 g/mol. The number of benzene rings is 2. The van der Waals surface area contributed by atoms with Crippen molar-refractivity contribution < 1.29 is 9.18 Å². The van der Waals surface area contributed by atoms with Gasteiger partial charge in [-0.2, -0.15) is 11.8 Å². The van der Waals surface area contributed by atoms with Crippen LogP contribution in [0.2, 0.25) is 0 Å². The van der Waals surface area contributed by atoms with Crippen LogP contribution in [0.15, 0.2) is 54.7 Å². The van der Waals surface area contributed by atoms with Crippen molar-refractivity contribution in [3.05, 3.63) is 71.7 Å². The van der Waals surface area contributed by atoms with E-state index in [1.165, 1.54) is 12.1 Å². The third-order valence-electron chi connectivity index (χ3n) is 4.97. The summed E-state index contributed by atoms with van der Waals surface area (Å²) in [5.74, 6) is 1.52. The van der Waals surface area contributed by atoms with E-state index in [4.69, 9.17) is 0 Å². The zero-order valence-corrected chi connectivity index (χ0v) is 16.6. The van der Waals surface area contributed by atoms with E-state index in [2.05, 4.69) is 4.98 Å². The molecule has 1 saturated heterocycles. The second-order valence-corrected chi connectivity index (χ2v) is 8.15. The van der Waals surface area contributed by atoms with Gasteiger partial charge in [0.15, 0.2) is 0 Å². The molecule has 1 aliphatic rings. The summed E-state index contributed by atoms with van der Waals surface area (Å²) in [5.41, 5.74) is 3.07. The summed E-state index contributed by atoms with van der Waals surface area (Å²) in [5, 5.41) is 0.663. The number of hydrogen-bond acceptors (Lipinski definition) is 4. The summed E-state index contributed by atoms with van der Waals surface area (Å²) >= 11 is 1.86. The highest BCUT2D eigenvalue weighted by atomic mass is 32.2. The van der Waals surface area contributed by atoms with Crippen molar-refractivity contribution >= 4 is 34.3 Å². The average Bonchev–Trinajstić information content (AvgIpc) is 2.73. The maximum atomic E-state index is 14.0. The first-order valence-corrected chi connectivity index (χ1v) is 10.5. The van der Waals surface area contributed by atoms with Gasteiger partial charge in [0.05, 0.1) is 16.8 Å². The van der Waals surface area contributed by atoms with Gasteiger partial charge in [0.2, 0.25) is 0 Å². The van der Waals surface area contributed by atoms with Gasteiger partial charge >= 0.3 is 0 Å². The molecule has 1 aromatic heterocycles. The van der Waals surface area contributed by atoms with Crippen molar-refractivity contribution in [1.29, 1.82) is 0 Å². The number of carbonyl (C=O) groups excluding carboxylic acids is 1. The Labute approximate surface area is 168 Å². The minimum absolute atomic E-state index is 0.0335. The van der Waals surface area contributed by atoms with Crippen molar-refractivity contribution in [3.63, 3.8) is 0 Å². The molecule has 0 unspecified atom stereocenters. The van der Waals surface area contributed by atoms with E-state index in [1.54, 1.807) is 12.3 Å².